The molecule has 0 aliphatic heterocycles. The van der Waals surface area contributed by atoms with Crippen LogP contribution in [0, 0.1) is 5.92 Å². The molecule has 0 aliphatic carbocycles. The number of ether oxygens (including phenoxy) is 1. The highest BCUT2D eigenvalue weighted by Crippen LogP contribution is 2.19. The zero-order chi connectivity index (χ0) is 18.0. The molecule has 0 fully saturated rings. The van der Waals surface area contributed by atoms with Crippen molar-refractivity contribution < 1.29 is 9.53 Å². The van der Waals surface area contributed by atoms with E-state index >= 15 is 0 Å². The van der Waals surface area contributed by atoms with E-state index in [4.69, 9.17) is 4.74 Å². The summed E-state index contributed by atoms with van der Waals surface area (Å²) in [4.78, 5) is 20.5. The Labute approximate surface area is 144 Å². The lowest BCUT2D eigenvalue weighted by Gasteiger charge is -2.09. The van der Waals surface area contributed by atoms with Gasteiger partial charge in [0.1, 0.15) is 5.52 Å². The highest BCUT2D eigenvalue weighted by atomic mass is 16.5. The normalized spacial score (nSPS) is 12.5. The number of fused-ring (bicyclic) bond motifs is 1. The van der Waals surface area contributed by atoms with Crippen LogP contribution in [-0.4, -0.2) is 43.0 Å². The molecule has 0 radical (unpaired) electrons. The van der Waals surface area contributed by atoms with Crippen LogP contribution in [0.2, 0.25) is 0 Å². The van der Waals surface area contributed by atoms with Gasteiger partial charge in [0, 0.05) is 11.8 Å². The van der Waals surface area contributed by atoms with Gasteiger partial charge in [-0.25, -0.2) is 14.6 Å². The molecule has 3 aromatic rings. The fraction of sp³-hybridized carbons (Fsp3) is 0.438. The first kappa shape index (κ1) is 16.9. The van der Waals surface area contributed by atoms with E-state index in [-0.39, 0.29) is 11.9 Å². The second-order valence-electron chi connectivity index (χ2n) is 6.20. The molecular formula is C16H21N7O2. The van der Waals surface area contributed by atoms with E-state index in [0.717, 1.165) is 5.69 Å². The SMILES string of the molecule is COC(=O)[C@H](C)Cn1ncc2ncc(Nc3cc(C(C)C)[nH]n3)nc21. The molecule has 0 unspecified atom stereocenters. The minimum atomic E-state index is -0.327. The fourth-order valence-electron chi connectivity index (χ4n) is 2.41. The summed E-state index contributed by atoms with van der Waals surface area (Å²) in [6.07, 6.45) is 3.25. The number of anilines is 2. The largest absolute Gasteiger partial charge is 0.469 e. The van der Waals surface area contributed by atoms with Gasteiger partial charge in [-0.1, -0.05) is 20.8 Å². The van der Waals surface area contributed by atoms with E-state index in [1.807, 2.05) is 6.07 Å². The van der Waals surface area contributed by atoms with Gasteiger partial charge in [0.05, 0.1) is 32.0 Å². The minimum Gasteiger partial charge on any atom is -0.469 e. The molecule has 0 aliphatic rings. The first-order chi connectivity index (χ1) is 12.0. The smallest absolute Gasteiger partial charge is 0.310 e. The van der Waals surface area contributed by atoms with Gasteiger partial charge in [-0.3, -0.25) is 9.89 Å². The highest BCUT2D eigenvalue weighted by molar-refractivity contribution is 5.74. The molecule has 0 bridgehead atoms. The van der Waals surface area contributed by atoms with Crippen molar-refractivity contribution in [1.82, 2.24) is 29.9 Å². The van der Waals surface area contributed by atoms with E-state index in [0.29, 0.717) is 35.3 Å². The van der Waals surface area contributed by atoms with Gasteiger partial charge in [-0.05, 0) is 5.92 Å². The van der Waals surface area contributed by atoms with Gasteiger partial charge in [-0.2, -0.15) is 10.2 Å². The van der Waals surface area contributed by atoms with Crippen molar-refractivity contribution in [2.45, 2.75) is 33.2 Å². The Morgan fingerprint density at radius 3 is 2.80 bits per heavy atom. The second kappa shape index (κ2) is 6.88. The molecule has 0 aromatic carbocycles. The number of H-pyrrole nitrogens is 1. The number of aromatic nitrogens is 6. The molecule has 3 rings (SSSR count). The molecule has 3 heterocycles. The summed E-state index contributed by atoms with van der Waals surface area (Å²) in [7, 11) is 1.37. The molecule has 25 heavy (non-hydrogen) atoms. The van der Waals surface area contributed by atoms with Crippen LogP contribution in [0.15, 0.2) is 18.5 Å². The average molecular weight is 343 g/mol. The Hall–Kier alpha value is -2.97. The van der Waals surface area contributed by atoms with Gasteiger partial charge >= 0.3 is 5.97 Å². The summed E-state index contributed by atoms with van der Waals surface area (Å²) in [5.41, 5.74) is 2.29. The molecule has 0 saturated heterocycles. The maximum Gasteiger partial charge on any atom is 0.310 e. The zero-order valence-corrected chi connectivity index (χ0v) is 14.6. The minimum absolute atomic E-state index is 0.288. The second-order valence-corrected chi connectivity index (χ2v) is 6.20. The fourth-order valence-corrected chi connectivity index (χ4v) is 2.41. The van der Waals surface area contributed by atoms with Gasteiger partial charge in [0.2, 0.25) is 0 Å². The van der Waals surface area contributed by atoms with E-state index < -0.39 is 0 Å². The lowest BCUT2D eigenvalue weighted by Crippen LogP contribution is -2.19. The third kappa shape index (κ3) is 3.59. The Morgan fingerprint density at radius 1 is 1.32 bits per heavy atom. The zero-order valence-electron chi connectivity index (χ0n) is 14.6. The van der Waals surface area contributed by atoms with Crippen molar-refractivity contribution in [3.8, 4) is 0 Å². The van der Waals surface area contributed by atoms with Crippen LogP contribution in [0.25, 0.3) is 11.2 Å². The molecule has 132 valence electrons. The molecule has 1 atom stereocenters. The third-order valence-corrected chi connectivity index (χ3v) is 3.87. The monoisotopic (exact) mass is 343 g/mol. The number of hydrogen-bond acceptors (Lipinski definition) is 7. The number of nitrogens with zero attached hydrogens (tertiary/aromatic N) is 5. The number of hydrogen-bond donors (Lipinski definition) is 2. The summed E-state index contributed by atoms with van der Waals surface area (Å²) in [5, 5.41) is 14.6. The molecule has 0 amide bonds. The summed E-state index contributed by atoms with van der Waals surface area (Å²) in [6, 6.07) is 1.94. The quantitative estimate of drug-likeness (QED) is 0.660. The average Bonchev–Trinajstić information content (AvgIpc) is 3.21. The first-order valence-electron chi connectivity index (χ1n) is 8.06. The van der Waals surface area contributed by atoms with Crippen LogP contribution in [0.5, 0.6) is 0 Å². The molecule has 3 aromatic heterocycles. The number of nitrogens with one attached hydrogen (secondary N) is 2. The molecule has 2 N–H and O–H groups in total. The predicted octanol–water partition coefficient (Wildman–Crippen LogP) is 2.23. The van der Waals surface area contributed by atoms with Crippen LogP contribution in [-0.2, 0) is 16.1 Å². The summed E-state index contributed by atoms with van der Waals surface area (Å²) in [5.74, 6) is 0.973. The Bertz CT molecular complexity index is 884. The van der Waals surface area contributed by atoms with Crippen molar-refractivity contribution in [2.24, 2.45) is 5.92 Å². The molecule has 9 heteroatoms. The standard InChI is InChI=1S/C16H21N7O2/c1-9(2)11-5-13(22-21-11)19-14-7-17-12-6-18-23(15(12)20-14)8-10(3)16(24)25-4/h5-7,9-10H,8H2,1-4H3,(H2,19,20,21,22)/t10-/m1/s1. The highest BCUT2D eigenvalue weighted by Gasteiger charge is 2.17. The Kier molecular flexibility index (Phi) is 4.64. The van der Waals surface area contributed by atoms with E-state index in [1.54, 1.807) is 24.0 Å². The van der Waals surface area contributed by atoms with Gasteiger partial charge in [0.15, 0.2) is 17.3 Å². The molecular weight excluding hydrogens is 322 g/mol. The topological polar surface area (TPSA) is 111 Å². The number of esters is 1. The Balaban J connectivity index is 1.83. The summed E-state index contributed by atoms with van der Waals surface area (Å²) < 4.78 is 6.41. The Morgan fingerprint density at radius 2 is 2.12 bits per heavy atom. The summed E-state index contributed by atoms with van der Waals surface area (Å²) >= 11 is 0. The predicted molar refractivity (Wildman–Crippen MR) is 92.5 cm³/mol. The van der Waals surface area contributed by atoms with Crippen molar-refractivity contribution in [3.63, 3.8) is 0 Å². The van der Waals surface area contributed by atoms with E-state index in [9.17, 15) is 4.79 Å². The lowest BCUT2D eigenvalue weighted by atomic mass is 10.1. The van der Waals surface area contributed by atoms with Crippen LogP contribution >= 0.6 is 0 Å². The maximum atomic E-state index is 11.6. The molecule has 0 spiro atoms. The third-order valence-electron chi connectivity index (χ3n) is 3.87. The van der Waals surface area contributed by atoms with Gasteiger partial charge < -0.3 is 10.1 Å². The van der Waals surface area contributed by atoms with Gasteiger partial charge in [-0.15, -0.1) is 0 Å². The number of methoxy groups -OCH3 is 1. The number of carbonyl (C=O) groups is 1. The lowest BCUT2D eigenvalue weighted by molar-refractivity contribution is -0.145. The van der Waals surface area contributed by atoms with E-state index in [2.05, 4.69) is 44.4 Å². The molecule has 0 saturated carbocycles. The van der Waals surface area contributed by atoms with Crippen LogP contribution in [0.3, 0.4) is 0 Å². The molecule has 9 nitrogen and oxygen atoms in total. The van der Waals surface area contributed by atoms with Crippen molar-refractivity contribution in [3.05, 3.63) is 24.2 Å². The number of aromatic amines is 1. The number of rotatable bonds is 6. The van der Waals surface area contributed by atoms with Crippen molar-refractivity contribution >= 4 is 28.8 Å². The van der Waals surface area contributed by atoms with Crippen LogP contribution in [0.1, 0.15) is 32.4 Å². The van der Waals surface area contributed by atoms with Gasteiger partial charge in [0.25, 0.3) is 0 Å². The first-order valence-corrected chi connectivity index (χ1v) is 8.06. The van der Waals surface area contributed by atoms with Crippen molar-refractivity contribution in [2.75, 3.05) is 12.4 Å². The summed E-state index contributed by atoms with van der Waals surface area (Å²) in [6.45, 7) is 6.33. The maximum absolute atomic E-state index is 11.6. The van der Waals surface area contributed by atoms with E-state index in [1.165, 1.54) is 7.11 Å². The van der Waals surface area contributed by atoms with Crippen LogP contribution < -0.4 is 5.32 Å². The van der Waals surface area contributed by atoms with Crippen LogP contribution in [0.4, 0.5) is 11.6 Å². The van der Waals surface area contributed by atoms with Crippen molar-refractivity contribution in [1.29, 1.82) is 0 Å². The number of carbonyl (C=O) groups excluding carboxylic acids is 1.